The van der Waals surface area contributed by atoms with Crippen LogP contribution in [-0.4, -0.2) is 34.8 Å². The Balaban J connectivity index is 1.33. The Labute approximate surface area is 187 Å². The van der Waals surface area contributed by atoms with Crippen molar-refractivity contribution in [2.45, 2.75) is 25.9 Å². The van der Waals surface area contributed by atoms with Crippen LogP contribution in [0.15, 0.2) is 72.9 Å². The molecule has 0 fully saturated rings. The third-order valence-corrected chi connectivity index (χ3v) is 6.18. The van der Waals surface area contributed by atoms with Gasteiger partial charge in [0.25, 0.3) is 5.91 Å². The fourth-order valence-electron chi connectivity index (χ4n) is 4.34. The van der Waals surface area contributed by atoms with E-state index >= 15 is 0 Å². The highest BCUT2D eigenvalue weighted by Gasteiger charge is 2.29. The number of aryl methyl sites for hydroxylation is 1. The number of rotatable bonds is 3. The van der Waals surface area contributed by atoms with Gasteiger partial charge in [-0.3, -0.25) is 9.78 Å². The van der Waals surface area contributed by atoms with E-state index in [1.54, 1.807) is 12.1 Å². The maximum atomic E-state index is 13.2. The van der Waals surface area contributed by atoms with Gasteiger partial charge in [0.05, 0.1) is 5.56 Å². The van der Waals surface area contributed by atoms with Gasteiger partial charge in [0.2, 0.25) is 0 Å². The molecule has 0 radical (unpaired) electrons. The SMILES string of the molecule is Cc1ccc(C2=CCN(C(=O)c3ccc4c(c3)CC(c3ccccc3)OC4=O)CC2)cn1. The van der Waals surface area contributed by atoms with E-state index < -0.39 is 0 Å². The Morgan fingerprint density at radius 1 is 1.09 bits per heavy atom. The second-order valence-electron chi connectivity index (χ2n) is 8.30. The fourth-order valence-corrected chi connectivity index (χ4v) is 4.34. The maximum Gasteiger partial charge on any atom is 0.339 e. The highest BCUT2D eigenvalue weighted by atomic mass is 16.5. The molecule has 0 bridgehead atoms. The molecule has 1 atom stereocenters. The highest BCUT2D eigenvalue weighted by Crippen LogP contribution is 2.31. The predicted molar refractivity (Wildman–Crippen MR) is 122 cm³/mol. The number of carbonyl (C=O) groups is 2. The minimum atomic E-state index is -0.337. The fraction of sp³-hybridized carbons (Fsp3) is 0.222. The lowest BCUT2D eigenvalue weighted by molar-refractivity contribution is 0.0252. The van der Waals surface area contributed by atoms with Crippen LogP contribution in [0.5, 0.6) is 0 Å². The van der Waals surface area contributed by atoms with E-state index in [9.17, 15) is 9.59 Å². The molecule has 5 heteroatoms. The van der Waals surface area contributed by atoms with Crippen molar-refractivity contribution in [3.05, 3.63) is 106 Å². The molecule has 3 heterocycles. The summed E-state index contributed by atoms with van der Waals surface area (Å²) in [7, 11) is 0. The smallest absolute Gasteiger partial charge is 0.339 e. The van der Waals surface area contributed by atoms with Crippen LogP contribution in [0.3, 0.4) is 0 Å². The summed E-state index contributed by atoms with van der Waals surface area (Å²) < 4.78 is 5.63. The van der Waals surface area contributed by atoms with Crippen molar-refractivity contribution in [3.8, 4) is 0 Å². The molecule has 1 amide bonds. The van der Waals surface area contributed by atoms with Crippen LogP contribution in [0.2, 0.25) is 0 Å². The lowest BCUT2D eigenvalue weighted by Crippen LogP contribution is -2.35. The van der Waals surface area contributed by atoms with Crippen molar-refractivity contribution in [3.63, 3.8) is 0 Å². The zero-order chi connectivity index (χ0) is 22.1. The second-order valence-corrected chi connectivity index (χ2v) is 8.30. The molecule has 3 aromatic rings. The summed E-state index contributed by atoms with van der Waals surface area (Å²) in [5.41, 5.74) is 6.30. The Morgan fingerprint density at radius 2 is 1.94 bits per heavy atom. The van der Waals surface area contributed by atoms with Crippen molar-refractivity contribution in [1.29, 1.82) is 0 Å². The second kappa shape index (κ2) is 8.42. The minimum absolute atomic E-state index is 0.0136. The number of cyclic esters (lactones) is 1. The van der Waals surface area contributed by atoms with E-state index in [-0.39, 0.29) is 18.0 Å². The third kappa shape index (κ3) is 3.94. The monoisotopic (exact) mass is 424 g/mol. The van der Waals surface area contributed by atoms with E-state index in [2.05, 4.69) is 17.1 Å². The standard InChI is InChI=1S/C27H24N2O3/c1-18-7-8-22(17-28-18)19-11-13-29(14-12-19)26(30)21-9-10-24-23(15-21)16-25(32-27(24)31)20-5-3-2-4-6-20/h2-11,15,17,25H,12-14,16H2,1H3. The summed E-state index contributed by atoms with van der Waals surface area (Å²) in [5.74, 6) is -0.350. The summed E-state index contributed by atoms with van der Waals surface area (Å²) in [6.45, 7) is 3.19. The molecule has 1 aromatic heterocycles. The van der Waals surface area contributed by atoms with Gasteiger partial charge in [-0.25, -0.2) is 4.79 Å². The van der Waals surface area contributed by atoms with Gasteiger partial charge in [0.15, 0.2) is 0 Å². The number of hydrogen-bond acceptors (Lipinski definition) is 4. The van der Waals surface area contributed by atoms with Crippen molar-refractivity contribution < 1.29 is 14.3 Å². The van der Waals surface area contributed by atoms with Gasteiger partial charge in [-0.05, 0) is 59.9 Å². The van der Waals surface area contributed by atoms with Gasteiger partial charge in [-0.2, -0.15) is 0 Å². The zero-order valence-corrected chi connectivity index (χ0v) is 18.0. The number of amides is 1. The first kappa shape index (κ1) is 20.2. The first-order chi connectivity index (χ1) is 15.6. The third-order valence-electron chi connectivity index (χ3n) is 6.18. The first-order valence-corrected chi connectivity index (χ1v) is 10.9. The average Bonchev–Trinajstić information content (AvgIpc) is 2.84. The molecule has 0 spiro atoms. The molecule has 2 aliphatic rings. The summed E-state index contributed by atoms with van der Waals surface area (Å²) in [5, 5.41) is 0. The molecule has 1 unspecified atom stereocenters. The normalized spacial score (nSPS) is 17.9. The number of pyridine rings is 1. The highest BCUT2D eigenvalue weighted by molar-refractivity contribution is 5.98. The molecular formula is C27H24N2O3. The predicted octanol–water partition coefficient (Wildman–Crippen LogP) is 4.77. The molecule has 0 saturated carbocycles. The lowest BCUT2D eigenvalue weighted by Gasteiger charge is -2.28. The van der Waals surface area contributed by atoms with Crippen LogP contribution in [0.4, 0.5) is 0 Å². The van der Waals surface area contributed by atoms with Crippen LogP contribution in [-0.2, 0) is 11.2 Å². The minimum Gasteiger partial charge on any atom is -0.454 e. The number of benzene rings is 2. The van der Waals surface area contributed by atoms with E-state index in [1.165, 1.54) is 5.57 Å². The molecule has 32 heavy (non-hydrogen) atoms. The van der Waals surface area contributed by atoms with E-state index in [1.807, 2.05) is 60.5 Å². The van der Waals surface area contributed by atoms with Crippen LogP contribution < -0.4 is 0 Å². The number of carbonyl (C=O) groups excluding carboxylic acids is 2. The molecule has 0 N–H and O–H groups in total. The Hall–Kier alpha value is -3.73. The number of hydrogen-bond donors (Lipinski definition) is 0. The lowest BCUT2D eigenvalue weighted by atomic mass is 9.92. The summed E-state index contributed by atoms with van der Waals surface area (Å²) in [4.78, 5) is 31.9. The van der Waals surface area contributed by atoms with Crippen LogP contribution in [0, 0.1) is 6.92 Å². The Bertz CT molecular complexity index is 1200. The number of aromatic nitrogens is 1. The van der Waals surface area contributed by atoms with Crippen molar-refractivity contribution in [2.24, 2.45) is 0 Å². The molecule has 160 valence electrons. The largest absolute Gasteiger partial charge is 0.454 e. The molecule has 2 aliphatic heterocycles. The van der Waals surface area contributed by atoms with Crippen molar-refractivity contribution in [1.82, 2.24) is 9.88 Å². The first-order valence-electron chi connectivity index (χ1n) is 10.9. The molecule has 5 nitrogen and oxygen atoms in total. The molecule has 0 aliphatic carbocycles. The van der Waals surface area contributed by atoms with E-state index in [0.717, 1.165) is 28.8 Å². The van der Waals surface area contributed by atoms with E-state index in [4.69, 9.17) is 4.74 Å². The number of nitrogens with zero attached hydrogens (tertiary/aromatic N) is 2. The van der Waals surface area contributed by atoms with Gasteiger partial charge < -0.3 is 9.64 Å². The van der Waals surface area contributed by atoms with E-state index in [0.29, 0.717) is 30.6 Å². The molecular weight excluding hydrogens is 400 g/mol. The molecule has 2 aromatic carbocycles. The zero-order valence-electron chi connectivity index (χ0n) is 18.0. The van der Waals surface area contributed by atoms with Crippen LogP contribution in [0.1, 0.15) is 55.6 Å². The number of fused-ring (bicyclic) bond motifs is 1. The van der Waals surface area contributed by atoms with Crippen LogP contribution >= 0.6 is 0 Å². The Morgan fingerprint density at radius 3 is 2.66 bits per heavy atom. The van der Waals surface area contributed by atoms with Gasteiger partial charge in [-0.1, -0.05) is 42.5 Å². The molecule has 0 saturated heterocycles. The summed E-state index contributed by atoms with van der Waals surface area (Å²) >= 11 is 0. The number of ether oxygens (including phenoxy) is 1. The maximum absolute atomic E-state index is 13.2. The van der Waals surface area contributed by atoms with Gasteiger partial charge >= 0.3 is 5.97 Å². The average molecular weight is 425 g/mol. The van der Waals surface area contributed by atoms with Gasteiger partial charge in [0, 0.05) is 37.0 Å². The summed E-state index contributed by atoms with van der Waals surface area (Å²) in [6, 6.07) is 19.1. The number of esters is 1. The molecule has 5 rings (SSSR count). The van der Waals surface area contributed by atoms with Crippen molar-refractivity contribution in [2.75, 3.05) is 13.1 Å². The van der Waals surface area contributed by atoms with Crippen LogP contribution in [0.25, 0.3) is 5.57 Å². The quantitative estimate of drug-likeness (QED) is 0.568. The summed E-state index contributed by atoms with van der Waals surface area (Å²) in [6.07, 6.45) is 5.03. The topological polar surface area (TPSA) is 59.5 Å². The van der Waals surface area contributed by atoms with Crippen molar-refractivity contribution >= 4 is 17.4 Å². The van der Waals surface area contributed by atoms with Gasteiger partial charge in [-0.15, -0.1) is 0 Å². The Kier molecular flexibility index (Phi) is 5.31. The van der Waals surface area contributed by atoms with Gasteiger partial charge in [0.1, 0.15) is 6.10 Å².